The number of nitrogen functional groups attached to an aromatic ring is 1. The molecule has 3 N–H and O–H groups in total. The first kappa shape index (κ1) is 23.2. The van der Waals surface area contributed by atoms with Crippen LogP contribution in [0.2, 0.25) is 0 Å². The van der Waals surface area contributed by atoms with Crippen LogP contribution < -0.4 is 26.6 Å². The lowest BCUT2D eigenvalue weighted by molar-refractivity contribution is -0.120. The Hall–Kier alpha value is -3.07. The average Bonchev–Trinajstić information content (AvgIpc) is 2.71. The van der Waals surface area contributed by atoms with E-state index in [-0.39, 0.29) is 31.3 Å². The van der Waals surface area contributed by atoms with E-state index in [0.717, 1.165) is 5.56 Å². The molecule has 1 heterocycles. The first-order valence-corrected chi connectivity index (χ1v) is 9.94. The molecule has 30 heavy (non-hydrogen) atoms. The van der Waals surface area contributed by atoms with Crippen molar-refractivity contribution in [2.75, 3.05) is 37.5 Å². The summed E-state index contributed by atoms with van der Waals surface area (Å²) in [5.74, 6) is 0.395. The Morgan fingerprint density at radius 3 is 2.47 bits per heavy atom. The van der Waals surface area contributed by atoms with Crippen LogP contribution in [0.1, 0.15) is 38.7 Å². The normalized spacial score (nSPS) is 11.0. The molecule has 164 valence electrons. The summed E-state index contributed by atoms with van der Waals surface area (Å²) in [6.07, 6.45) is 0.636. The Bertz CT molecular complexity index is 963. The third-order valence-corrected chi connectivity index (χ3v) is 4.66. The summed E-state index contributed by atoms with van der Waals surface area (Å²) < 4.78 is 11.9. The van der Waals surface area contributed by atoms with Crippen molar-refractivity contribution in [3.8, 4) is 5.75 Å². The van der Waals surface area contributed by atoms with E-state index in [9.17, 15) is 14.4 Å². The van der Waals surface area contributed by atoms with Gasteiger partial charge in [0.05, 0.1) is 6.61 Å². The second-order valence-electron chi connectivity index (χ2n) is 7.20. The fourth-order valence-corrected chi connectivity index (χ4v) is 3.00. The smallest absolute Gasteiger partial charge is 0.330 e. The van der Waals surface area contributed by atoms with E-state index >= 15 is 0 Å². The number of rotatable bonds is 10. The van der Waals surface area contributed by atoms with Crippen LogP contribution in [0.5, 0.6) is 5.75 Å². The van der Waals surface area contributed by atoms with E-state index in [4.69, 9.17) is 15.2 Å². The number of hydrogen-bond acceptors (Lipinski definition) is 6. The van der Waals surface area contributed by atoms with Crippen molar-refractivity contribution >= 4 is 17.4 Å². The zero-order chi connectivity index (χ0) is 22.3. The van der Waals surface area contributed by atoms with E-state index in [2.05, 4.69) is 18.8 Å². The molecule has 0 radical (unpaired) electrons. The largest absolute Gasteiger partial charge is 0.484 e. The van der Waals surface area contributed by atoms with Gasteiger partial charge in [-0.15, -0.1) is 0 Å². The molecule has 0 aliphatic carbocycles. The third kappa shape index (κ3) is 5.50. The monoisotopic (exact) mass is 418 g/mol. The van der Waals surface area contributed by atoms with Crippen LogP contribution in [0, 0.1) is 0 Å². The van der Waals surface area contributed by atoms with Gasteiger partial charge in [-0.1, -0.05) is 32.9 Å². The van der Waals surface area contributed by atoms with Gasteiger partial charge < -0.3 is 15.2 Å². The van der Waals surface area contributed by atoms with Gasteiger partial charge in [0.25, 0.3) is 11.5 Å². The number of hydrogen-bond donors (Lipinski definition) is 2. The van der Waals surface area contributed by atoms with E-state index in [1.165, 1.54) is 16.6 Å². The molecule has 2 aromatic rings. The summed E-state index contributed by atoms with van der Waals surface area (Å²) in [6, 6.07) is 7.47. The molecule has 1 aromatic heterocycles. The number of carbonyl (C=O) groups excluding carboxylic acids is 1. The van der Waals surface area contributed by atoms with Crippen molar-refractivity contribution < 1.29 is 14.3 Å². The summed E-state index contributed by atoms with van der Waals surface area (Å²) in [6.45, 7) is 6.35. The van der Waals surface area contributed by atoms with Crippen molar-refractivity contribution in [1.29, 1.82) is 0 Å². The van der Waals surface area contributed by atoms with Gasteiger partial charge in [0.15, 0.2) is 12.3 Å². The number of amides is 1. The van der Waals surface area contributed by atoms with Gasteiger partial charge in [-0.05, 0) is 30.0 Å². The number of nitrogens with one attached hydrogen (secondary N) is 1. The van der Waals surface area contributed by atoms with Crippen molar-refractivity contribution in [2.45, 2.75) is 39.7 Å². The molecule has 0 bridgehead atoms. The van der Waals surface area contributed by atoms with Crippen LogP contribution in [-0.4, -0.2) is 42.3 Å². The van der Waals surface area contributed by atoms with Crippen molar-refractivity contribution in [1.82, 2.24) is 9.55 Å². The summed E-state index contributed by atoms with van der Waals surface area (Å²) in [5, 5.41) is 0. The first-order valence-electron chi connectivity index (χ1n) is 9.94. The topological polar surface area (TPSA) is 120 Å². The molecule has 0 saturated heterocycles. The van der Waals surface area contributed by atoms with Gasteiger partial charge in [-0.3, -0.25) is 24.0 Å². The minimum atomic E-state index is -0.726. The van der Waals surface area contributed by atoms with Gasteiger partial charge >= 0.3 is 5.69 Å². The number of nitrogens with two attached hydrogens (primary N) is 1. The van der Waals surface area contributed by atoms with Crippen LogP contribution in [0.25, 0.3) is 0 Å². The second-order valence-corrected chi connectivity index (χ2v) is 7.20. The summed E-state index contributed by atoms with van der Waals surface area (Å²) in [4.78, 5) is 40.9. The molecule has 0 aliphatic heterocycles. The van der Waals surface area contributed by atoms with Crippen LogP contribution in [0.15, 0.2) is 33.9 Å². The van der Waals surface area contributed by atoms with E-state index in [0.29, 0.717) is 24.6 Å². The van der Waals surface area contributed by atoms with Crippen molar-refractivity contribution in [3.05, 3.63) is 50.7 Å². The van der Waals surface area contributed by atoms with E-state index < -0.39 is 17.2 Å². The number of methoxy groups -OCH3 is 1. The van der Waals surface area contributed by atoms with Gasteiger partial charge in [0, 0.05) is 20.2 Å². The predicted molar refractivity (Wildman–Crippen MR) is 116 cm³/mol. The molecule has 0 fully saturated rings. The Morgan fingerprint density at radius 1 is 1.23 bits per heavy atom. The maximum Gasteiger partial charge on any atom is 0.330 e. The molecule has 9 heteroatoms. The van der Waals surface area contributed by atoms with Crippen molar-refractivity contribution in [2.24, 2.45) is 0 Å². The molecule has 0 unspecified atom stereocenters. The SMILES string of the molecule is CCCn1c(N)c(N(CCOC)C(=O)COc2ccc(C(C)C)cc2)c(=O)[nH]c1=O. The molecule has 0 atom stereocenters. The summed E-state index contributed by atoms with van der Waals surface area (Å²) in [5.41, 5.74) is 5.85. The number of anilines is 2. The average molecular weight is 418 g/mol. The molecule has 0 aliphatic rings. The zero-order valence-electron chi connectivity index (χ0n) is 17.9. The lowest BCUT2D eigenvalue weighted by atomic mass is 10.0. The molecular weight excluding hydrogens is 388 g/mol. The maximum atomic E-state index is 12.9. The van der Waals surface area contributed by atoms with Gasteiger partial charge in [0.1, 0.15) is 11.6 Å². The van der Waals surface area contributed by atoms with E-state index in [1.807, 2.05) is 19.1 Å². The standard InChI is InChI=1S/C21H30N4O5/c1-5-10-25-19(22)18(20(27)23-21(25)28)24(11-12-29-4)17(26)13-30-16-8-6-15(7-9-16)14(2)3/h6-9,14H,5,10-13,22H2,1-4H3,(H,23,27,28). The lowest BCUT2D eigenvalue weighted by Gasteiger charge is -2.24. The number of nitrogens with zero attached hydrogens (tertiary/aromatic N) is 2. The number of aromatic nitrogens is 2. The highest BCUT2D eigenvalue weighted by molar-refractivity contribution is 5.96. The first-order chi connectivity index (χ1) is 14.3. The fourth-order valence-electron chi connectivity index (χ4n) is 3.00. The van der Waals surface area contributed by atoms with Gasteiger partial charge in [-0.2, -0.15) is 0 Å². The molecule has 2 rings (SSSR count). The number of carbonyl (C=O) groups is 1. The molecule has 0 spiro atoms. The number of H-pyrrole nitrogens is 1. The highest BCUT2D eigenvalue weighted by atomic mass is 16.5. The Kier molecular flexibility index (Phi) is 8.23. The fraction of sp³-hybridized carbons (Fsp3) is 0.476. The molecule has 0 saturated carbocycles. The van der Waals surface area contributed by atoms with E-state index in [1.54, 1.807) is 12.1 Å². The van der Waals surface area contributed by atoms with Crippen molar-refractivity contribution in [3.63, 3.8) is 0 Å². The highest BCUT2D eigenvalue weighted by Gasteiger charge is 2.24. The summed E-state index contributed by atoms with van der Waals surface area (Å²) >= 11 is 0. The Labute approximate surface area is 175 Å². The molecule has 9 nitrogen and oxygen atoms in total. The Balaban J connectivity index is 2.29. The predicted octanol–water partition coefficient (Wildman–Crippen LogP) is 1.71. The van der Waals surface area contributed by atoms with Crippen LogP contribution in [0.4, 0.5) is 11.5 Å². The highest BCUT2D eigenvalue weighted by Crippen LogP contribution is 2.20. The van der Waals surface area contributed by atoms with Gasteiger partial charge in [-0.25, -0.2) is 4.79 Å². The lowest BCUT2D eigenvalue weighted by Crippen LogP contribution is -2.44. The second kappa shape index (κ2) is 10.6. The number of benzene rings is 1. The Morgan fingerprint density at radius 2 is 1.90 bits per heavy atom. The van der Waals surface area contributed by atoms with Gasteiger partial charge in [0.2, 0.25) is 0 Å². The summed E-state index contributed by atoms with van der Waals surface area (Å²) in [7, 11) is 1.49. The van der Waals surface area contributed by atoms with Crippen LogP contribution >= 0.6 is 0 Å². The minimum Gasteiger partial charge on any atom is -0.484 e. The number of ether oxygens (including phenoxy) is 2. The maximum absolute atomic E-state index is 12.9. The van der Waals surface area contributed by atoms with Crippen LogP contribution in [0.3, 0.4) is 0 Å². The molecular formula is C21H30N4O5. The number of aromatic amines is 1. The zero-order valence-corrected chi connectivity index (χ0v) is 17.9. The third-order valence-electron chi connectivity index (χ3n) is 4.66. The molecule has 1 aromatic carbocycles. The molecule has 1 amide bonds. The quantitative estimate of drug-likeness (QED) is 0.606. The van der Waals surface area contributed by atoms with Crippen LogP contribution in [-0.2, 0) is 16.1 Å². The minimum absolute atomic E-state index is 0.0589.